The third-order valence-electron chi connectivity index (χ3n) is 3.77. The minimum absolute atomic E-state index is 0.0855. The molecule has 0 N–H and O–H groups in total. The van der Waals surface area contributed by atoms with E-state index in [0.717, 1.165) is 30.2 Å². The van der Waals surface area contributed by atoms with Crippen LogP contribution in [0.2, 0.25) is 0 Å². The molecule has 1 aromatic rings. The number of likely N-dealkylation sites (N-methyl/N-ethyl adjacent to an activating group) is 2. The molecule has 0 saturated carbocycles. The van der Waals surface area contributed by atoms with Crippen molar-refractivity contribution in [2.24, 2.45) is 0 Å². The highest BCUT2D eigenvalue weighted by Crippen LogP contribution is 2.36. The Morgan fingerprint density at radius 1 is 1.26 bits per heavy atom. The molecule has 1 saturated heterocycles. The number of carbonyl (C=O) groups is 1. The fourth-order valence-electron chi connectivity index (χ4n) is 2.63. The van der Waals surface area contributed by atoms with Crippen LogP contribution in [-0.4, -0.2) is 49.2 Å². The van der Waals surface area contributed by atoms with Crippen molar-refractivity contribution in [1.29, 1.82) is 0 Å². The van der Waals surface area contributed by atoms with E-state index < -0.39 is 0 Å². The molecule has 5 nitrogen and oxygen atoms in total. The highest BCUT2D eigenvalue weighted by atomic mass is 16.6. The van der Waals surface area contributed by atoms with Crippen LogP contribution in [0, 0.1) is 0 Å². The molecule has 2 heterocycles. The van der Waals surface area contributed by atoms with Gasteiger partial charge < -0.3 is 19.3 Å². The van der Waals surface area contributed by atoms with Crippen molar-refractivity contribution in [2.75, 3.05) is 33.4 Å². The summed E-state index contributed by atoms with van der Waals surface area (Å²) in [4.78, 5) is 15.6. The highest BCUT2D eigenvalue weighted by molar-refractivity contribution is 5.77. The van der Waals surface area contributed by atoms with Gasteiger partial charge in [0.1, 0.15) is 13.2 Å². The Balaban J connectivity index is 1.88. The quantitative estimate of drug-likeness (QED) is 0.817. The maximum absolute atomic E-state index is 12.0. The summed E-state index contributed by atoms with van der Waals surface area (Å²) in [6.07, 6.45) is 0. The lowest BCUT2D eigenvalue weighted by atomic mass is 10.1. The lowest BCUT2D eigenvalue weighted by Gasteiger charge is -2.22. The molecule has 2 aliphatic rings. The standard InChI is InChI=1S/C14H18N2O3/c1-3-16-9-11(15(2)14(16)17)10-4-5-12-13(8-10)19-7-6-18-12/h4-5,8,11H,3,6-7,9H2,1-2H3. The van der Waals surface area contributed by atoms with Gasteiger partial charge in [-0.15, -0.1) is 0 Å². The summed E-state index contributed by atoms with van der Waals surface area (Å²) in [5, 5.41) is 0. The van der Waals surface area contributed by atoms with Crippen molar-refractivity contribution in [2.45, 2.75) is 13.0 Å². The first kappa shape index (κ1) is 12.1. The third kappa shape index (κ3) is 1.99. The van der Waals surface area contributed by atoms with E-state index in [0.29, 0.717) is 13.2 Å². The predicted octanol–water partition coefficient (Wildman–Crippen LogP) is 1.89. The van der Waals surface area contributed by atoms with E-state index in [2.05, 4.69) is 0 Å². The van der Waals surface area contributed by atoms with Crippen molar-refractivity contribution in [3.05, 3.63) is 23.8 Å². The molecule has 2 amide bonds. The molecule has 19 heavy (non-hydrogen) atoms. The first-order valence-corrected chi connectivity index (χ1v) is 6.62. The Bertz CT molecular complexity index is 503. The zero-order valence-electron chi connectivity index (χ0n) is 11.3. The van der Waals surface area contributed by atoms with Gasteiger partial charge in [0.05, 0.1) is 6.04 Å². The Labute approximate surface area is 112 Å². The molecule has 3 rings (SSSR count). The largest absolute Gasteiger partial charge is 0.486 e. The number of hydrogen-bond acceptors (Lipinski definition) is 3. The molecule has 0 aliphatic carbocycles. The van der Waals surface area contributed by atoms with Gasteiger partial charge in [0.25, 0.3) is 0 Å². The van der Waals surface area contributed by atoms with E-state index in [-0.39, 0.29) is 12.1 Å². The molecular weight excluding hydrogens is 244 g/mol. The fourth-order valence-corrected chi connectivity index (χ4v) is 2.63. The van der Waals surface area contributed by atoms with Gasteiger partial charge in [-0.3, -0.25) is 0 Å². The smallest absolute Gasteiger partial charge is 0.320 e. The van der Waals surface area contributed by atoms with E-state index in [1.54, 1.807) is 4.90 Å². The molecule has 1 aromatic carbocycles. The summed E-state index contributed by atoms with van der Waals surface area (Å²) < 4.78 is 11.1. The van der Waals surface area contributed by atoms with E-state index in [9.17, 15) is 4.79 Å². The topological polar surface area (TPSA) is 42.0 Å². The van der Waals surface area contributed by atoms with E-state index >= 15 is 0 Å². The van der Waals surface area contributed by atoms with Crippen LogP contribution < -0.4 is 9.47 Å². The van der Waals surface area contributed by atoms with Gasteiger partial charge in [-0.1, -0.05) is 6.07 Å². The number of fused-ring (bicyclic) bond motifs is 1. The monoisotopic (exact) mass is 262 g/mol. The van der Waals surface area contributed by atoms with Crippen LogP contribution in [0.1, 0.15) is 18.5 Å². The summed E-state index contributed by atoms with van der Waals surface area (Å²) in [6, 6.07) is 6.10. The number of rotatable bonds is 2. The summed E-state index contributed by atoms with van der Waals surface area (Å²) >= 11 is 0. The van der Waals surface area contributed by atoms with E-state index in [1.807, 2.05) is 37.1 Å². The lowest BCUT2D eigenvalue weighted by Crippen LogP contribution is -2.29. The molecule has 0 aromatic heterocycles. The van der Waals surface area contributed by atoms with Crippen LogP contribution in [0.15, 0.2) is 18.2 Å². The first-order valence-electron chi connectivity index (χ1n) is 6.62. The van der Waals surface area contributed by atoms with Gasteiger partial charge in [0.15, 0.2) is 11.5 Å². The number of benzene rings is 1. The van der Waals surface area contributed by atoms with Crippen molar-refractivity contribution >= 4 is 6.03 Å². The van der Waals surface area contributed by atoms with Crippen LogP contribution in [0.5, 0.6) is 11.5 Å². The van der Waals surface area contributed by atoms with Gasteiger partial charge in [0.2, 0.25) is 0 Å². The van der Waals surface area contributed by atoms with Gasteiger partial charge >= 0.3 is 6.03 Å². The zero-order chi connectivity index (χ0) is 13.4. The van der Waals surface area contributed by atoms with Crippen molar-refractivity contribution in [3.8, 4) is 11.5 Å². The third-order valence-corrected chi connectivity index (χ3v) is 3.77. The average Bonchev–Trinajstić information content (AvgIpc) is 2.74. The maximum atomic E-state index is 12.0. The molecule has 1 atom stereocenters. The van der Waals surface area contributed by atoms with Crippen LogP contribution in [0.25, 0.3) is 0 Å². The molecule has 0 spiro atoms. The lowest BCUT2D eigenvalue weighted by molar-refractivity contribution is 0.171. The van der Waals surface area contributed by atoms with Crippen molar-refractivity contribution < 1.29 is 14.3 Å². The predicted molar refractivity (Wildman–Crippen MR) is 70.6 cm³/mol. The minimum atomic E-state index is 0.0855. The molecule has 1 unspecified atom stereocenters. The van der Waals surface area contributed by atoms with Crippen LogP contribution in [0.3, 0.4) is 0 Å². The molecule has 102 valence electrons. The van der Waals surface area contributed by atoms with E-state index in [1.165, 1.54) is 0 Å². The number of carbonyl (C=O) groups excluding carboxylic acids is 1. The molecule has 1 fully saturated rings. The SMILES string of the molecule is CCN1CC(c2ccc3c(c2)OCCO3)N(C)C1=O. The van der Waals surface area contributed by atoms with Crippen molar-refractivity contribution in [3.63, 3.8) is 0 Å². The molecule has 0 bridgehead atoms. The van der Waals surface area contributed by atoms with Crippen molar-refractivity contribution in [1.82, 2.24) is 9.80 Å². The van der Waals surface area contributed by atoms with Gasteiger partial charge in [-0.25, -0.2) is 4.79 Å². The second-order valence-electron chi connectivity index (χ2n) is 4.85. The Morgan fingerprint density at radius 3 is 2.68 bits per heavy atom. The fraction of sp³-hybridized carbons (Fsp3) is 0.500. The zero-order valence-corrected chi connectivity index (χ0v) is 11.3. The summed E-state index contributed by atoms with van der Waals surface area (Å²) in [6.45, 7) is 4.64. The Kier molecular flexibility index (Phi) is 2.97. The van der Waals surface area contributed by atoms with Gasteiger partial charge in [-0.2, -0.15) is 0 Å². The molecular formula is C14H18N2O3. The highest BCUT2D eigenvalue weighted by Gasteiger charge is 2.34. The van der Waals surface area contributed by atoms with Crippen LogP contribution >= 0.6 is 0 Å². The second kappa shape index (κ2) is 4.64. The second-order valence-corrected chi connectivity index (χ2v) is 4.85. The Hall–Kier alpha value is -1.91. The molecule has 5 heteroatoms. The number of amides is 2. The first-order chi connectivity index (χ1) is 9.20. The minimum Gasteiger partial charge on any atom is -0.486 e. The normalized spacial score (nSPS) is 22.0. The summed E-state index contributed by atoms with van der Waals surface area (Å²) in [7, 11) is 1.85. The molecule has 2 aliphatic heterocycles. The number of nitrogens with zero attached hydrogens (tertiary/aromatic N) is 2. The average molecular weight is 262 g/mol. The van der Waals surface area contributed by atoms with Gasteiger partial charge in [-0.05, 0) is 24.6 Å². The number of urea groups is 1. The van der Waals surface area contributed by atoms with Crippen LogP contribution in [0.4, 0.5) is 4.79 Å². The molecule has 0 radical (unpaired) electrons. The summed E-state index contributed by atoms with van der Waals surface area (Å²) in [5.74, 6) is 1.56. The number of ether oxygens (including phenoxy) is 2. The Morgan fingerprint density at radius 2 is 2.00 bits per heavy atom. The maximum Gasteiger partial charge on any atom is 0.320 e. The van der Waals surface area contributed by atoms with Crippen LogP contribution in [-0.2, 0) is 0 Å². The summed E-state index contributed by atoms with van der Waals surface area (Å²) in [5.41, 5.74) is 1.09. The van der Waals surface area contributed by atoms with Gasteiger partial charge in [0, 0.05) is 20.1 Å². The number of hydrogen-bond donors (Lipinski definition) is 0. The van der Waals surface area contributed by atoms with E-state index in [4.69, 9.17) is 9.47 Å².